The van der Waals surface area contributed by atoms with Crippen LogP contribution in [-0.4, -0.2) is 26.5 Å². The van der Waals surface area contributed by atoms with Crippen LogP contribution in [-0.2, 0) is 11.3 Å². The van der Waals surface area contributed by atoms with E-state index in [0.29, 0.717) is 35.4 Å². The third-order valence-electron chi connectivity index (χ3n) is 2.75. The summed E-state index contributed by atoms with van der Waals surface area (Å²) in [7, 11) is 0. The molecular weight excluding hydrogens is 259 g/mol. The van der Waals surface area contributed by atoms with Crippen molar-refractivity contribution >= 4 is 17.4 Å². The number of rotatable bonds is 5. The molecule has 0 saturated carbocycles. The van der Waals surface area contributed by atoms with Crippen LogP contribution in [0.4, 0.5) is 4.39 Å². The summed E-state index contributed by atoms with van der Waals surface area (Å²) in [4.78, 5) is 11.2. The van der Waals surface area contributed by atoms with Crippen molar-refractivity contribution in [3.05, 3.63) is 54.1 Å². The summed E-state index contributed by atoms with van der Waals surface area (Å²) in [6.45, 7) is 6.36. The number of carbonyl (C=O) groups excluding carboxylic acids is 1. The standard InChI is InChI=1S/C14H13FN4O/c1-3-19-14(16-17-18-19)10(2)8-12(9-20)11-4-6-13(15)7-5-11/h4-9H,2-3H2,1H3. The predicted molar refractivity (Wildman–Crippen MR) is 73.0 cm³/mol. The van der Waals surface area contributed by atoms with E-state index in [1.54, 1.807) is 10.8 Å². The van der Waals surface area contributed by atoms with E-state index < -0.39 is 0 Å². The molecule has 0 N–H and O–H groups in total. The maximum absolute atomic E-state index is 12.9. The van der Waals surface area contributed by atoms with Crippen LogP contribution in [0.3, 0.4) is 0 Å². The van der Waals surface area contributed by atoms with Crippen molar-refractivity contribution in [1.29, 1.82) is 0 Å². The van der Waals surface area contributed by atoms with Crippen molar-refractivity contribution in [1.82, 2.24) is 20.2 Å². The fraction of sp³-hybridized carbons (Fsp3) is 0.143. The highest BCUT2D eigenvalue weighted by molar-refractivity contribution is 6.09. The molecule has 0 saturated heterocycles. The monoisotopic (exact) mass is 272 g/mol. The number of aldehydes is 1. The number of hydrogen-bond donors (Lipinski definition) is 0. The highest BCUT2D eigenvalue weighted by atomic mass is 19.1. The van der Waals surface area contributed by atoms with Gasteiger partial charge in [0.1, 0.15) is 5.82 Å². The summed E-state index contributed by atoms with van der Waals surface area (Å²) in [5.41, 5.74) is 1.52. The maximum Gasteiger partial charge on any atom is 0.181 e. The van der Waals surface area contributed by atoms with E-state index in [-0.39, 0.29) is 5.82 Å². The topological polar surface area (TPSA) is 60.7 Å². The number of carbonyl (C=O) groups is 1. The molecule has 5 nitrogen and oxygen atoms in total. The lowest BCUT2D eigenvalue weighted by molar-refractivity contribution is -0.103. The minimum Gasteiger partial charge on any atom is -0.298 e. The molecule has 0 radical (unpaired) electrons. The van der Waals surface area contributed by atoms with Crippen molar-refractivity contribution in [2.45, 2.75) is 13.5 Å². The van der Waals surface area contributed by atoms with Gasteiger partial charge >= 0.3 is 0 Å². The molecule has 0 amide bonds. The third-order valence-corrected chi connectivity index (χ3v) is 2.75. The zero-order chi connectivity index (χ0) is 14.5. The Bertz CT molecular complexity index is 658. The second-order valence-electron chi connectivity index (χ2n) is 4.07. The average molecular weight is 272 g/mol. The molecule has 0 aliphatic rings. The third kappa shape index (κ3) is 2.85. The van der Waals surface area contributed by atoms with E-state index >= 15 is 0 Å². The summed E-state index contributed by atoms with van der Waals surface area (Å²) in [6.07, 6.45) is 2.27. The molecule has 0 bridgehead atoms. The van der Waals surface area contributed by atoms with Gasteiger partial charge in [-0.2, -0.15) is 0 Å². The van der Waals surface area contributed by atoms with Crippen LogP contribution < -0.4 is 0 Å². The van der Waals surface area contributed by atoms with Crippen LogP contribution in [0, 0.1) is 5.82 Å². The van der Waals surface area contributed by atoms with Crippen LogP contribution in [0.1, 0.15) is 18.3 Å². The second-order valence-corrected chi connectivity index (χ2v) is 4.07. The van der Waals surface area contributed by atoms with E-state index in [1.807, 2.05) is 6.92 Å². The molecule has 0 spiro atoms. The largest absolute Gasteiger partial charge is 0.298 e. The van der Waals surface area contributed by atoms with Gasteiger partial charge in [0.25, 0.3) is 0 Å². The Labute approximate surface area is 115 Å². The minimum absolute atomic E-state index is 0.354. The Morgan fingerprint density at radius 3 is 2.70 bits per heavy atom. The van der Waals surface area contributed by atoms with Crippen molar-refractivity contribution in [2.24, 2.45) is 0 Å². The number of aromatic nitrogens is 4. The van der Waals surface area contributed by atoms with E-state index in [2.05, 4.69) is 22.1 Å². The van der Waals surface area contributed by atoms with Crippen molar-refractivity contribution in [3.8, 4) is 0 Å². The molecule has 1 heterocycles. The summed E-state index contributed by atoms with van der Waals surface area (Å²) in [6, 6.07) is 5.66. The minimum atomic E-state index is -0.354. The molecule has 102 valence electrons. The van der Waals surface area contributed by atoms with Gasteiger partial charge in [-0.1, -0.05) is 18.7 Å². The predicted octanol–water partition coefficient (Wildman–Crippen LogP) is 2.13. The number of aryl methyl sites for hydroxylation is 1. The van der Waals surface area contributed by atoms with Crippen LogP contribution in [0.25, 0.3) is 11.1 Å². The molecule has 6 heteroatoms. The van der Waals surface area contributed by atoms with E-state index in [1.165, 1.54) is 24.3 Å². The lowest BCUT2D eigenvalue weighted by atomic mass is 10.0. The zero-order valence-electron chi connectivity index (χ0n) is 11.0. The Morgan fingerprint density at radius 2 is 2.10 bits per heavy atom. The molecular formula is C14H13FN4O. The van der Waals surface area contributed by atoms with Crippen LogP contribution >= 0.6 is 0 Å². The number of halogens is 1. The number of allylic oxidation sites excluding steroid dienone is 3. The van der Waals surface area contributed by atoms with Gasteiger partial charge in [-0.15, -0.1) is 5.10 Å². The zero-order valence-corrected chi connectivity index (χ0v) is 11.0. The normalized spacial score (nSPS) is 11.4. The molecule has 2 rings (SSSR count). The lowest BCUT2D eigenvalue weighted by Crippen LogP contribution is -2.02. The fourth-order valence-corrected chi connectivity index (χ4v) is 1.73. The molecule has 0 atom stereocenters. The Kier molecular flexibility index (Phi) is 4.14. The van der Waals surface area contributed by atoms with Crippen LogP contribution in [0.5, 0.6) is 0 Å². The van der Waals surface area contributed by atoms with Crippen molar-refractivity contribution in [2.75, 3.05) is 0 Å². The first-order chi connectivity index (χ1) is 9.65. The first-order valence-electron chi connectivity index (χ1n) is 6.04. The van der Waals surface area contributed by atoms with Crippen LogP contribution in [0.2, 0.25) is 0 Å². The maximum atomic E-state index is 12.9. The summed E-state index contributed by atoms with van der Waals surface area (Å²) in [5, 5.41) is 11.2. The molecule has 0 fully saturated rings. The smallest absolute Gasteiger partial charge is 0.181 e. The highest BCUT2D eigenvalue weighted by Crippen LogP contribution is 2.18. The highest BCUT2D eigenvalue weighted by Gasteiger charge is 2.09. The van der Waals surface area contributed by atoms with Gasteiger partial charge in [-0.05, 0) is 41.1 Å². The lowest BCUT2D eigenvalue weighted by Gasteiger charge is -2.03. The summed E-state index contributed by atoms with van der Waals surface area (Å²) < 4.78 is 14.5. The number of benzene rings is 1. The van der Waals surface area contributed by atoms with Gasteiger partial charge in [-0.25, -0.2) is 9.07 Å². The fourth-order valence-electron chi connectivity index (χ4n) is 1.73. The SMILES string of the molecule is C=C(C=C(C=O)c1ccc(F)cc1)c1nnnn1CC. The Hall–Kier alpha value is -2.63. The average Bonchev–Trinajstić information content (AvgIpc) is 2.94. The summed E-state index contributed by atoms with van der Waals surface area (Å²) >= 11 is 0. The molecule has 1 aromatic heterocycles. The summed E-state index contributed by atoms with van der Waals surface area (Å²) in [5.74, 6) is 0.140. The molecule has 0 unspecified atom stereocenters. The Balaban J connectivity index is 2.34. The quantitative estimate of drug-likeness (QED) is 0.475. The van der Waals surface area contributed by atoms with Gasteiger partial charge in [0, 0.05) is 17.7 Å². The van der Waals surface area contributed by atoms with Gasteiger partial charge in [0.05, 0.1) is 0 Å². The number of hydrogen-bond acceptors (Lipinski definition) is 4. The first-order valence-corrected chi connectivity index (χ1v) is 6.04. The van der Waals surface area contributed by atoms with Gasteiger partial charge in [-0.3, -0.25) is 4.79 Å². The van der Waals surface area contributed by atoms with E-state index in [0.717, 1.165) is 0 Å². The van der Waals surface area contributed by atoms with E-state index in [4.69, 9.17) is 0 Å². The molecule has 2 aromatic rings. The van der Waals surface area contributed by atoms with Crippen molar-refractivity contribution < 1.29 is 9.18 Å². The second kappa shape index (κ2) is 6.01. The number of nitrogens with zero attached hydrogens (tertiary/aromatic N) is 4. The first kappa shape index (κ1) is 13.8. The molecule has 0 aliphatic carbocycles. The molecule has 1 aromatic carbocycles. The van der Waals surface area contributed by atoms with Gasteiger partial charge in [0.2, 0.25) is 0 Å². The number of tetrazole rings is 1. The van der Waals surface area contributed by atoms with Gasteiger partial charge in [0.15, 0.2) is 12.1 Å². The van der Waals surface area contributed by atoms with Crippen molar-refractivity contribution in [3.63, 3.8) is 0 Å². The molecule has 0 aliphatic heterocycles. The molecule has 20 heavy (non-hydrogen) atoms. The van der Waals surface area contributed by atoms with Crippen LogP contribution in [0.15, 0.2) is 36.9 Å². The van der Waals surface area contributed by atoms with Gasteiger partial charge < -0.3 is 0 Å². The Morgan fingerprint density at radius 1 is 1.40 bits per heavy atom. The van der Waals surface area contributed by atoms with E-state index in [9.17, 15) is 9.18 Å².